The highest BCUT2D eigenvalue weighted by Crippen LogP contribution is 2.28. The van der Waals surface area contributed by atoms with Crippen molar-refractivity contribution in [3.63, 3.8) is 0 Å². The second kappa shape index (κ2) is 6.91. The first-order chi connectivity index (χ1) is 10.9. The molecule has 0 fully saturated rings. The number of amides is 1. The molecule has 8 heteroatoms. The summed E-state index contributed by atoms with van der Waals surface area (Å²) in [4.78, 5) is 23.0. The predicted molar refractivity (Wildman–Crippen MR) is 77.9 cm³/mol. The minimum atomic E-state index is -4.40. The molecule has 0 radical (unpaired) electrons. The molecule has 2 aromatic rings. The highest BCUT2D eigenvalue weighted by atomic mass is 19.4. The second-order valence-corrected chi connectivity index (χ2v) is 4.58. The Bertz CT molecular complexity index is 765. The van der Waals surface area contributed by atoms with Crippen molar-refractivity contribution in [3.05, 3.63) is 70.1 Å². The van der Waals surface area contributed by atoms with Crippen molar-refractivity contribution in [2.45, 2.75) is 12.7 Å². The largest absolute Gasteiger partial charge is 0.416 e. The minimum absolute atomic E-state index is 0.204. The van der Waals surface area contributed by atoms with Crippen LogP contribution in [0.5, 0.6) is 0 Å². The number of aromatic nitrogens is 1. The third kappa shape index (κ3) is 4.80. The van der Waals surface area contributed by atoms with E-state index in [0.717, 1.165) is 12.1 Å². The summed E-state index contributed by atoms with van der Waals surface area (Å²) in [6.07, 6.45) is -1.72. The summed E-state index contributed by atoms with van der Waals surface area (Å²) in [6.45, 7) is -0.204. The second-order valence-electron chi connectivity index (χ2n) is 4.58. The summed E-state index contributed by atoms with van der Waals surface area (Å²) in [5, 5.41) is 3.64. The molecule has 0 spiro atoms. The van der Waals surface area contributed by atoms with Crippen LogP contribution >= 0.6 is 0 Å². The third-order valence-corrected chi connectivity index (χ3v) is 2.85. The maximum atomic E-state index is 12.4. The lowest BCUT2D eigenvalue weighted by molar-refractivity contribution is -0.137. The zero-order valence-corrected chi connectivity index (χ0v) is 11.7. The Morgan fingerprint density at radius 3 is 2.48 bits per heavy atom. The lowest BCUT2D eigenvalue weighted by Gasteiger charge is -2.06. The molecule has 1 N–H and O–H groups in total. The molecule has 1 aromatic heterocycles. The Morgan fingerprint density at radius 2 is 1.87 bits per heavy atom. The van der Waals surface area contributed by atoms with Crippen LogP contribution in [0.1, 0.15) is 11.1 Å². The number of hydrazone groups is 1. The van der Waals surface area contributed by atoms with Crippen molar-refractivity contribution in [3.8, 4) is 0 Å². The van der Waals surface area contributed by atoms with Crippen LogP contribution in [-0.4, -0.2) is 16.7 Å². The Kier molecular flexibility index (Phi) is 4.95. The topological polar surface area (TPSA) is 63.5 Å². The van der Waals surface area contributed by atoms with Gasteiger partial charge in [0.05, 0.1) is 11.8 Å². The molecule has 0 unspecified atom stereocenters. The molecule has 2 rings (SSSR count). The maximum absolute atomic E-state index is 12.4. The molecule has 0 bridgehead atoms. The molecule has 1 amide bonds. The van der Waals surface area contributed by atoms with Gasteiger partial charge in [-0.15, -0.1) is 0 Å². The van der Waals surface area contributed by atoms with Gasteiger partial charge < -0.3 is 4.57 Å². The molecule has 1 heterocycles. The van der Waals surface area contributed by atoms with Crippen LogP contribution in [0.3, 0.4) is 0 Å². The lowest BCUT2D eigenvalue weighted by atomic mass is 10.1. The minimum Gasteiger partial charge on any atom is -0.306 e. The van der Waals surface area contributed by atoms with E-state index in [4.69, 9.17) is 0 Å². The van der Waals surface area contributed by atoms with Gasteiger partial charge in [0.1, 0.15) is 6.54 Å². The van der Waals surface area contributed by atoms with Crippen LogP contribution in [0.4, 0.5) is 13.2 Å². The van der Waals surface area contributed by atoms with Crippen LogP contribution in [0, 0.1) is 0 Å². The maximum Gasteiger partial charge on any atom is 0.416 e. The molecule has 1 aromatic carbocycles. The fourth-order valence-electron chi connectivity index (χ4n) is 1.72. The Hall–Kier alpha value is -2.90. The van der Waals surface area contributed by atoms with Gasteiger partial charge >= 0.3 is 6.18 Å². The van der Waals surface area contributed by atoms with E-state index in [9.17, 15) is 22.8 Å². The van der Waals surface area contributed by atoms with Crippen LogP contribution in [-0.2, 0) is 17.5 Å². The van der Waals surface area contributed by atoms with E-state index in [1.165, 1.54) is 35.2 Å². The number of hydrogen-bond acceptors (Lipinski definition) is 3. The summed E-state index contributed by atoms with van der Waals surface area (Å²) in [7, 11) is 0. The van der Waals surface area contributed by atoms with E-state index >= 15 is 0 Å². The quantitative estimate of drug-likeness (QED) is 0.691. The highest BCUT2D eigenvalue weighted by Gasteiger charge is 2.29. The number of hydrogen-bond donors (Lipinski definition) is 1. The molecule has 0 saturated carbocycles. The van der Waals surface area contributed by atoms with E-state index in [-0.39, 0.29) is 12.1 Å². The number of pyridine rings is 1. The van der Waals surface area contributed by atoms with Gasteiger partial charge in [0.15, 0.2) is 0 Å². The van der Waals surface area contributed by atoms with Crippen molar-refractivity contribution in [1.29, 1.82) is 0 Å². The zero-order chi connectivity index (χ0) is 16.9. The van der Waals surface area contributed by atoms with E-state index in [1.807, 2.05) is 0 Å². The van der Waals surface area contributed by atoms with Crippen molar-refractivity contribution < 1.29 is 18.0 Å². The number of alkyl halides is 3. The fourth-order valence-corrected chi connectivity index (χ4v) is 1.72. The van der Waals surface area contributed by atoms with Crippen LogP contribution in [0.2, 0.25) is 0 Å². The predicted octanol–water partition coefficient (Wildman–Crippen LogP) is 2.02. The fraction of sp³-hybridized carbons (Fsp3) is 0.133. The Morgan fingerprint density at radius 1 is 1.17 bits per heavy atom. The van der Waals surface area contributed by atoms with Gasteiger partial charge in [0.2, 0.25) is 0 Å². The van der Waals surface area contributed by atoms with Crippen molar-refractivity contribution >= 4 is 12.1 Å². The standard InChI is InChI=1S/C15H12F3N3O2/c16-15(17,18)12-6-4-11(5-7-12)9-19-20-13(22)10-21-8-2-1-3-14(21)23/h1-9H,10H2,(H,20,22)/b19-9-. The Balaban J connectivity index is 1.92. The van der Waals surface area contributed by atoms with E-state index in [2.05, 4.69) is 10.5 Å². The molecule has 0 aliphatic heterocycles. The van der Waals surface area contributed by atoms with Gasteiger partial charge in [0.25, 0.3) is 11.5 Å². The van der Waals surface area contributed by atoms with Crippen molar-refractivity contribution in [1.82, 2.24) is 9.99 Å². The normalized spacial score (nSPS) is 11.6. The van der Waals surface area contributed by atoms with Gasteiger partial charge in [0, 0.05) is 12.3 Å². The molecule has 5 nitrogen and oxygen atoms in total. The van der Waals surface area contributed by atoms with E-state index < -0.39 is 17.6 Å². The number of carbonyl (C=O) groups excluding carboxylic acids is 1. The first-order valence-corrected chi connectivity index (χ1v) is 6.51. The third-order valence-electron chi connectivity index (χ3n) is 2.85. The number of benzene rings is 1. The number of rotatable bonds is 4. The first-order valence-electron chi connectivity index (χ1n) is 6.51. The van der Waals surface area contributed by atoms with Crippen molar-refractivity contribution in [2.24, 2.45) is 5.10 Å². The summed E-state index contributed by atoms with van der Waals surface area (Å²) < 4.78 is 38.4. The number of nitrogens with one attached hydrogen (secondary N) is 1. The smallest absolute Gasteiger partial charge is 0.306 e. The molecule has 120 valence electrons. The molecular formula is C15H12F3N3O2. The zero-order valence-electron chi connectivity index (χ0n) is 11.7. The lowest BCUT2D eigenvalue weighted by Crippen LogP contribution is -2.28. The molecule has 0 saturated heterocycles. The van der Waals surface area contributed by atoms with Crippen LogP contribution in [0.25, 0.3) is 0 Å². The molecule has 0 atom stereocenters. The Labute approximate surface area is 129 Å². The summed E-state index contributed by atoms with van der Waals surface area (Å²) >= 11 is 0. The van der Waals surface area contributed by atoms with Gasteiger partial charge in [-0.05, 0) is 23.8 Å². The van der Waals surface area contributed by atoms with Crippen molar-refractivity contribution in [2.75, 3.05) is 0 Å². The monoisotopic (exact) mass is 323 g/mol. The molecular weight excluding hydrogens is 311 g/mol. The van der Waals surface area contributed by atoms with Crippen LogP contribution < -0.4 is 11.0 Å². The molecule has 23 heavy (non-hydrogen) atoms. The van der Waals surface area contributed by atoms with Gasteiger partial charge in [-0.2, -0.15) is 18.3 Å². The van der Waals surface area contributed by atoms with E-state index in [1.54, 1.807) is 12.1 Å². The van der Waals surface area contributed by atoms with Gasteiger partial charge in [-0.1, -0.05) is 18.2 Å². The molecule has 0 aliphatic rings. The van der Waals surface area contributed by atoms with Gasteiger partial charge in [-0.25, -0.2) is 5.43 Å². The van der Waals surface area contributed by atoms with E-state index in [0.29, 0.717) is 5.56 Å². The SMILES string of the molecule is O=C(Cn1ccccc1=O)N/N=C\c1ccc(C(F)(F)F)cc1. The average Bonchev–Trinajstić information content (AvgIpc) is 2.49. The van der Waals surface area contributed by atoms with Crippen LogP contribution in [0.15, 0.2) is 58.6 Å². The number of carbonyl (C=O) groups is 1. The first kappa shape index (κ1) is 16.5. The summed E-state index contributed by atoms with van der Waals surface area (Å²) in [5.74, 6) is -0.526. The number of halogens is 3. The summed E-state index contributed by atoms with van der Waals surface area (Å²) in [6, 6.07) is 8.80. The molecule has 0 aliphatic carbocycles. The number of nitrogens with zero attached hydrogens (tertiary/aromatic N) is 2. The van der Waals surface area contributed by atoms with Gasteiger partial charge in [-0.3, -0.25) is 9.59 Å². The highest BCUT2D eigenvalue weighted by molar-refractivity contribution is 5.82. The average molecular weight is 323 g/mol. The summed E-state index contributed by atoms with van der Waals surface area (Å²) in [5.41, 5.74) is 1.51.